The highest BCUT2D eigenvalue weighted by molar-refractivity contribution is 8.16. The van der Waals surface area contributed by atoms with Crippen LogP contribution in [0.3, 0.4) is 0 Å². The SMILES string of the molecule is CC1=CP2(=S)CC1(C)C1C(=O)O[C@@H](OC3CC[C@H](C)C[C@H]3C(C)C)C12. The molecule has 4 rings (SSSR count). The molecule has 3 nitrogen and oxygen atoms in total. The van der Waals surface area contributed by atoms with Gasteiger partial charge < -0.3 is 9.47 Å². The van der Waals surface area contributed by atoms with Crippen molar-refractivity contribution in [2.75, 3.05) is 6.16 Å². The first kappa shape index (κ1) is 18.2. The molecule has 25 heavy (non-hydrogen) atoms. The third kappa shape index (κ3) is 2.62. The van der Waals surface area contributed by atoms with E-state index in [1.165, 1.54) is 18.4 Å². The molecule has 3 aliphatic heterocycles. The van der Waals surface area contributed by atoms with E-state index in [1.807, 2.05) is 0 Å². The summed E-state index contributed by atoms with van der Waals surface area (Å²) in [5, 5.41) is 0. The molecule has 2 saturated heterocycles. The zero-order valence-corrected chi connectivity index (χ0v) is 17.7. The summed E-state index contributed by atoms with van der Waals surface area (Å²) in [5.41, 5.74) is 1.32. The van der Waals surface area contributed by atoms with Gasteiger partial charge in [0.2, 0.25) is 6.29 Å². The van der Waals surface area contributed by atoms with E-state index >= 15 is 0 Å². The van der Waals surface area contributed by atoms with Gasteiger partial charge in [-0.25, -0.2) is 0 Å². The third-order valence-electron chi connectivity index (χ3n) is 7.45. The Morgan fingerprint density at radius 3 is 2.80 bits per heavy atom. The molecule has 3 fully saturated rings. The minimum Gasteiger partial charge on any atom is -0.435 e. The molecular formula is C20H31O3PS. The molecule has 3 heterocycles. The second-order valence-electron chi connectivity index (χ2n) is 9.52. The molecular weight excluding hydrogens is 351 g/mol. The Hall–Kier alpha value is -0.180. The van der Waals surface area contributed by atoms with E-state index in [0.717, 1.165) is 18.5 Å². The van der Waals surface area contributed by atoms with Crippen LogP contribution in [0, 0.1) is 29.1 Å². The minimum absolute atomic E-state index is 0.0676. The van der Waals surface area contributed by atoms with Crippen LogP contribution in [0.4, 0.5) is 0 Å². The molecule has 0 aromatic heterocycles. The fourth-order valence-corrected chi connectivity index (χ4v) is 12.2. The van der Waals surface area contributed by atoms with E-state index in [-0.39, 0.29) is 29.1 Å². The van der Waals surface area contributed by atoms with E-state index in [2.05, 4.69) is 40.4 Å². The predicted molar refractivity (Wildman–Crippen MR) is 104 cm³/mol. The molecule has 5 unspecified atom stereocenters. The molecule has 2 bridgehead atoms. The third-order valence-corrected chi connectivity index (χ3v) is 12.4. The van der Waals surface area contributed by atoms with Crippen LogP contribution in [0.5, 0.6) is 0 Å². The first-order valence-electron chi connectivity index (χ1n) is 9.80. The fourth-order valence-electron chi connectivity index (χ4n) is 5.89. The number of hydrogen-bond acceptors (Lipinski definition) is 4. The molecule has 140 valence electrons. The molecule has 0 spiro atoms. The van der Waals surface area contributed by atoms with Gasteiger partial charge >= 0.3 is 5.97 Å². The average molecular weight is 383 g/mol. The molecule has 0 aromatic rings. The molecule has 0 radical (unpaired) electrons. The van der Waals surface area contributed by atoms with Crippen LogP contribution in [0.15, 0.2) is 11.4 Å². The van der Waals surface area contributed by atoms with Crippen molar-refractivity contribution in [1.82, 2.24) is 0 Å². The monoisotopic (exact) mass is 382 g/mol. The molecule has 0 N–H and O–H groups in total. The Labute approximate surface area is 156 Å². The summed E-state index contributed by atoms with van der Waals surface area (Å²) in [6.07, 6.45) is 4.27. The van der Waals surface area contributed by atoms with E-state index in [4.69, 9.17) is 21.3 Å². The smallest absolute Gasteiger partial charge is 0.313 e. The van der Waals surface area contributed by atoms with Crippen molar-refractivity contribution in [2.45, 2.75) is 71.9 Å². The number of esters is 1. The van der Waals surface area contributed by atoms with Crippen molar-refractivity contribution in [3.63, 3.8) is 0 Å². The first-order chi connectivity index (χ1) is 11.7. The first-order valence-corrected chi connectivity index (χ1v) is 12.9. The minimum atomic E-state index is -1.72. The Kier molecular flexibility index (Phi) is 4.30. The number of carbonyl (C=O) groups is 1. The Morgan fingerprint density at radius 2 is 2.12 bits per heavy atom. The van der Waals surface area contributed by atoms with Crippen molar-refractivity contribution in [3.8, 4) is 0 Å². The Balaban J connectivity index is 1.59. The molecule has 1 saturated carbocycles. The van der Waals surface area contributed by atoms with Crippen LogP contribution in [-0.4, -0.2) is 30.2 Å². The van der Waals surface area contributed by atoms with Gasteiger partial charge in [0.25, 0.3) is 0 Å². The quantitative estimate of drug-likeness (QED) is 0.521. The van der Waals surface area contributed by atoms with Crippen molar-refractivity contribution in [2.24, 2.45) is 29.1 Å². The largest absolute Gasteiger partial charge is 0.435 e. The van der Waals surface area contributed by atoms with Gasteiger partial charge in [-0.2, -0.15) is 0 Å². The Morgan fingerprint density at radius 1 is 1.40 bits per heavy atom. The molecule has 8 atom stereocenters. The van der Waals surface area contributed by atoms with Gasteiger partial charge in [0.1, 0.15) is 0 Å². The highest BCUT2D eigenvalue weighted by atomic mass is 32.4. The van der Waals surface area contributed by atoms with Gasteiger partial charge in [0, 0.05) is 5.41 Å². The lowest BCUT2D eigenvalue weighted by molar-refractivity contribution is -0.185. The van der Waals surface area contributed by atoms with Crippen LogP contribution >= 0.6 is 6.04 Å². The summed E-state index contributed by atoms with van der Waals surface area (Å²) in [4.78, 5) is 12.7. The van der Waals surface area contributed by atoms with Crippen molar-refractivity contribution < 1.29 is 14.3 Å². The van der Waals surface area contributed by atoms with E-state index in [9.17, 15) is 4.79 Å². The number of hydrogen-bond donors (Lipinski definition) is 0. The van der Waals surface area contributed by atoms with Crippen LogP contribution in [-0.2, 0) is 26.1 Å². The zero-order chi connectivity index (χ0) is 18.1. The number of cyclic esters (lactones) is 1. The van der Waals surface area contributed by atoms with Gasteiger partial charge in [0.15, 0.2) is 0 Å². The normalized spacial score (nSPS) is 51.6. The number of carbonyl (C=O) groups excluding carboxylic acids is 1. The summed E-state index contributed by atoms with van der Waals surface area (Å²) in [5.74, 6) is 4.08. The van der Waals surface area contributed by atoms with Crippen molar-refractivity contribution in [3.05, 3.63) is 11.4 Å². The van der Waals surface area contributed by atoms with Crippen LogP contribution < -0.4 is 0 Å². The standard InChI is InChI=1S/C20H31O3PS/c1-11(2)14-8-12(3)6-7-15(14)22-19-17-16(18(21)23-19)20(5)10-24(17,25)9-13(20)4/h9,11-12,14-17,19H,6-8,10H2,1-5H3/t12-,14-,15?,16?,17?,19+,20?,24?/m0/s1. The highest BCUT2D eigenvalue weighted by Gasteiger charge is 2.68. The zero-order valence-electron chi connectivity index (χ0n) is 16.0. The molecule has 1 aliphatic carbocycles. The topological polar surface area (TPSA) is 35.5 Å². The van der Waals surface area contributed by atoms with Gasteiger partial charge in [-0.15, -0.1) is 0 Å². The summed E-state index contributed by atoms with van der Waals surface area (Å²) < 4.78 is 12.4. The molecule has 0 aromatic carbocycles. The van der Waals surface area contributed by atoms with Gasteiger partial charge in [-0.05, 0) is 56.1 Å². The van der Waals surface area contributed by atoms with Crippen LogP contribution in [0.1, 0.15) is 53.9 Å². The number of fused-ring (bicyclic) bond motifs is 5. The summed E-state index contributed by atoms with van der Waals surface area (Å²) >= 11 is 6.12. The molecule has 4 aliphatic rings. The maximum absolute atomic E-state index is 12.7. The summed E-state index contributed by atoms with van der Waals surface area (Å²) in [6.45, 7) is 11.3. The van der Waals surface area contributed by atoms with Crippen LogP contribution in [0.2, 0.25) is 0 Å². The summed E-state index contributed by atoms with van der Waals surface area (Å²) in [7, 11) is 0. The number of rotatable bonds is 3. The van der Waals surface area contributed by atoms with E-state index < -0.39 is 12.3 Å². The van der Waals surface area contributed by atoms with Gasteiger partial charge in [0.05, 0.1) is 17.7 Å². The van der Waals surface area contributed by atoms with Gasteiger partial charge in [-0.1, -0.05) is 50.9 Å². The van der Waals surface area contributed by atoms with Crippen molar-refractivity contribution >= 4 is 23.8 Å². The fraction of sp³-hybridized carbons (Fsp3) is 0.850. The lowest BCUT2D eigenvalue weighted by atomic mass is 9.73. The number of ether oxygens (including phenoxy) is 2. The second kappa shape index (κ2) is 5.91. The van der Waals surface area contributed by atoms with Gasteiger partial charge in [-0.3, -0.25) is 4.79 Å². The predicted octanol–water partition coefficient (Wildman–Crippen LogP) is 4.75. The molecule has 0 amide bonds. The van der Waals surface area contributed by atoms with E-state index in [0.29, 0.717) is 11.8 Å². The maximum atomic E-state index is 12.7. The lowest BCUT2D eigenvalue weighted by Gasteiger charge is -2.39. The summed E-state index contributed by atoms with van der Waals surface area (Å²) in [6, 6.07) is -1.72. The van der Waals surface area contributed by atoms with Crippen molar-refractivity contribution in [1.29, 1.82) is 0 Å². The average Bonchev–Trinajstić information content (AvgIpc) is 3.05. The lowest BCUT2D eigenvalue weighted by Crippen LogP contribution is -2.40. The maximum Gasteiger partial charge on any atom is 0.313 e. The molecule has 5 heteroatoms. The Bertz CT molecular complexity index is 672. The highest BCUT2D eigenvalue weighted by Crippen LogP contribution is 2.77. The van der Waals surface area contributed by atoms with Crippen LogP contribution in [0.25, 0.3) is 0 Å². The number of allylic oxidation sites excluding steroid dienone is 1. The second-order valence-corrected chi connectivity index (χ2v) is 14.4. The van der Waals surface area contributed by atoms with E-state index in [1.54, 1.807) is 0 Å².